The molecule has 4 rings (SSSR count). The van der Waals surface area contributed by atoms with Crippen molar-refractivity contribution in [1.82, 2.24) is 0 Å². The molecule has 0 aromatic heterocycles. The Labute approximate surface area is 178 Å². The summed E-state index contributed by atoms with van der Waals surface area (Å²) in [7, 11) is 1.30. The van der Waals surface area contributed by atoms with Gasteiger partial charge in [0.15, 0.2) is 5.75 Å². The number of ketones is 1. The zero-order chi connectivity index (χ0) is 21.8. The molecule has 0 fully saturated rings. The van der Waals surface area contributed by atoms with Gasteiger partial charge in [0.2, 0.25) is 5.78 Å². The highest BCUT2D eigenvalue weighted by Gasteiger charge is 2.32. The lowest BCUT2D eigenvalue weighted by Gasteiger charge is -2.20. The molecule has 3 aromatic carbocycles. The van der Waals surface area contributed by atoms with Gasteiger partial charge >= 0.3 is 11.9 Å². The lowest BCUT2D eigenvalue weighted by Crippen LogP contribution is -2.26. The number of carbonyl (C=O) groups is 3. The number of methoxy groups -OCH3 is 1. The highest BCUT2D eigenvalue weighted by Crippen LogP contribution is 2.36. The molecule has 0 aliphatic carbocycles. The van der Waals surface area contributed by atoms with Crippen molar-refractivity contribution >= 4 is 34.8 Å². The Hall–Kier alpha value is -4.39. The Morgan fingerprint density at radius 1 is 0.903 bits per heavy atom. The van der Waals surface area contributed by atoms with Crippen molar-refractivity contribution in [3.05, 3.63) is 95.7 Å². The van der Waals surface area contributed by atoms with Crippen LogP contribution >= 0.6 is 0 Å². The first-order valence-corrected chi connectivity index (χ1v) is 9.44. The lowest BCUT2D eigenvalue weighted by atomic mass is 9.99. The summed E-state index contributed by atoms with van der Waals surface area (Å²) >= 11 is 0. The number of fused-ring (bicyclic) bond motifs is 1. The van der Waals surface area contributed by atoms with Gasteiger partial charge in [-0.25, -0.2) is 9.59 Å². The van der Waals surface area contributed by atoms with Crippen molar-refractivity contribution in [2.75, 3.05) is 17.7 Å². The average molecular weight is 414 g/mol. The molecule has 3 aromatic rings. The number of hydrogen-bond acceptors (Lipinski definition) is 7. The van der Waals surface area contributed by atoms with E-state index in [0.29, 0.717) is 16.9 Å². The molecular formula is C24H18N2O5. The fourth-order valence-electron chi connectivity index (χ4n) is 3.09. The molecule has 0 amide bonds. The van der Waals surface area contributed by atoms with Crippen LogP contribution in [0, 0.1) is 0 Å². The second kappa shape index (κ2) is 8.54. The third-order valence-electron chi connectivity index (χ3n) is 4.66. The maximum atomic E-state index is 12.9. The van der Waals surface area contributed by atoms with Crippen molar-refractivity contribution in [3.8, 4) is 5.75 Å². The molecule has 1 heterocycles. The predicted molar refractivity (Wildman–Crippen MR) is 116 cm³/mol. The van der Waals surface area contributed by atoms with Crippen molar-refractivity contribution in [1.29, 1.82) is 0 Å². The molecule has 1 aliphatic heterocycles. The molecule has 154 valence electrons. The van der Waals surface area contributed by atoms with Gasteiger partial charge in [-0.05, 0) is 48.5 Å². The molecule has 1 aliphatic rings. The molecule has 0 radical (unpaired) electrons. The molecule has 31 heavy (non-hydrogen) atoms. The minimum Gasteiger partial charge on any atom is -0.465 e. The number of Topliss-reactive ketones (excluding diaryl/α,β-unsaturated/α-hetero) is 1. The first kappa shape index (κ1) is 19.9. The number of nitrogens with one attached hydrogen (secondary N) is 2. The van der Waals surface area contributed by atoms with E-state index in [9.17, 15) is 14.4 Å². The highest BCUT2D eigenvalue weighted by atomic mass is 16.5. The smallest absolute Gasteiger partial charge is 0.349 e. The van der Waals surface area contributed by atoms with E-state index in [1.54, 1.807) is 42.5 Å². The Morgan fingerprint density at radius 2 is 1.65 bits per heavy atom. The maximum Gasteiger partial charge on any atom is 0.349 e. The van der Waals surface area contributed by atoms with E-state index in [2.05, 4.69) is 15.4 Å². The molecule has 0 spiro atoms. The number of esters is 2. The fourth-order valence-corrected chi connectivity index (χ4v) is 3.09. The second-order valence-electron chi connectivity index (χ2n) is 6.66. The Morgan fingerprint density at radius 3 is 2.35 bits per heavy atom. The van der Waals surface area contributed by atoms with E-state index in [1.165, 1.54) is 13.3 Å². The van der Waals surface area contributed by atoms with Crippen LogP contribution in [0.1, 0.15) is 20.7 Å². The number of para-hydroxylation sites is 2. The molecular weight excluding hydrogens is 396 g/mol. The van der Waals surface area contributed by atoms with Gasteiger partial charge in [0.25, 0.3) is 0 Å². The van der Waals surface area contributed by atoms with E-state index >= 15 is 0 Å². The van der Waals surface area contributed by atoms with Crippen LogP contribution in [0.15, 0.2) is 84.6 Å². The Kier molecular flexibility index (Phi) is 5.49. The molecule has 0 atom stereocenters. The van der Waals surface area contributed by atoms with Gasteiger partial charge in [-0.3, -0.25) is 4.79 Å². The predicted octanol–water partition coefficient (Wildman–Crippen LogP) is 4.31. The molecule has 0 bridgehead atoms. The average Bonchev–Trinajstić information content (AvgIpc) is 2.80. The summed E-state index contributed by atoms with van der Waals surface area (Å²) in [6.45, 7) is 0. The van der Waals surface area contributed by atoms with E-state index in [4.69, 9.17) is 4.74 Å². The van der Waals surface area contributed by atoms with Crippen LogP contribution in [0.2, 0.25) is 0 Å². The maximum absolute atomic E-state index is 12.9. The first-order valence-electron chi connectivity index (χ1n) is 9.44. The molecule has 7 heteroatoms. The largest absolute Gasteiger partial charge is 0.465 e. The third-order valence-corrected chi connectivity index (χ3v) is 4.66. The van der Waals surface area contributed by atoms with Gasteiger partial charge in [-0.2, -0.15) is 0 Å². The van der Waals surface area contributed by atoms with Crippen LogP contribution in [0.5, 0.6) is 5.75 Å². The van der Waals surface area contributed by atoms with E-state index < -0.39 is 17.7 Å². The van der Waals surface area contributed by atoms with Crippen LogP contribution in [-0.4, -0.2) is 24.8 Å². The molecule has 0 saturated carbocycles. The van der Waals surface area contributed by atoms with Gasteiger partial charge in [0.05, 0.1) is 23.9 Å². The summed E-state index contributed by atoms with van der Waals surface area (Å²) in [6, 6.07) is 20.9. The molecule has 2 N–H and O–H groups in total. The number of hydrogen-bond donors (Lipinski definition) is 2. The Bertz CT molecular complexity index is 1180. The summed E-state index contributed by atoms with van der Waals surface area (Å²) in [5.74, 6) is -1.45. The molecule has 0 saturated heterocycles. The molecule has 0 unspecified atom stereocenters. The number of anilines is 3. The Balaban J connectivity index is 1.57. The minimum atomic E-state index is -0.751. The van der Waals surface area contributed by atoms with Crippen LogP contribution in [0.25, 0.3) is 0 Å². The summed E-state index contributed by atoms with van der Waals surface area (Å²) in [6.07, 6.45) is 1.30. The summed E-state index contributed by atoms with van der Waals surface area (Å²) < 4.78 is 10.1. The number of carbonyl (C=O) groups excluding carboxylic acids is 3. The van der Waals surface area contributed by atoms with Gasteiger partial charge < -0.3 is 20.1 Å². The number of benzene rings is 3. The van der Waals surface area contributed by atoms with Gasteiger partial charge in [-0.1, -0.05) is 24.3 Å². The second-order valence-corrected chi connectivity index (χ2v) is 6.66. The normalized spacial score (nSPS) is 13.9. The van der Waals surface area contributed by atoms with Crippen LogP contribution < -0.4 is 15.4 Å². The number of ether oxygens (including phenoxy) is 2. The summed E-state index contributed by atoms with van der Waals surface area (Å²) in [5, 5.41) is 6.06. The highest BCUT2D eigenvalue weighted by molar-refractivity contribution is 6.28. The van der Waals surface area contributed by atoms with E-state index in [1.807, 2.05) is 30.3 Å². The van der Waals surface area contributed by atoms with Crippen molar-refractivity contribution in [2.24, 2.45) is 0 Å². The topological polar surface area (TPSA) is 93.7 Å². The van der Waals surface area contributed by atoms with Gasteiger partial charge in [0.1, 0.15) is 5.57 Å². The van der Waals surface area contributed by atoms with Gasteiger partial charge in [0, 0.05) is 17.6 Å². The zero-order valence-corrected chi connectivity index (χ0v) is 16.5. The fraction of sp³-hybridized carbons (Fsp3) is 0.0417. The quantitative estimate of drug-likeness (QED) is 0.278. The summed E-state index contributed by atoms with van der Waals surface area (Å²) in [4.78, 5) is 37.0. The SMILES string of the molecule is COC(=O)c1ccc(NC=C2C(=O)Oc3c(Nc4ccccc4)cccc3C2=O)cc1. The van der Waals surface area contributed by atoms with E-state index in [-0.39, 0.29) is 16.9 Å². The first-order chi connectivity index (χ1) is 15.1. The van der Waals surface area contributed by atoms with Crippen molar-refractivity contribution < 1.29 is 23.9 Å². The standard InChI is InChI=1S/C24H18N2O5/c1-30-23(28)15-10-12-16(13-11-15)25-14-19-21(27)18-8-5-9-20(22(18)31-24(19)29)26-17-6-3-2-4-7-17/h2-14,25-26H,1H3. The van der Waals surface area contributed by atoms with Crippen LogP contribution in [0.3, 0.4) is 0 Å². The van der Waals surface area contributed by atoms with Crippen LogP contribution in [0.4, 0.5) is 17.1 Å². The molecule has 7 nitrogen and oxygen atoms in total. The van der Waals surface area contributed by atoms with E-state index in [0.717, 1.165) is 5.69 Å². The van der Waals surface area contributed by atoms with Gasteiger partial charge in [-0.15, -0.1) is 0 Å². The third kappa shape index (κ3) is 4.16. The minimum absolute atomic E-state index is 0.124. The lowest BCUT2D eigenvalue weighted by molar-refractivity contribution is -0.130. The van der Waals surface area contributed by atoms with Crippen molar-refractivity contribution in [3.63, 3.8) is 0 Å². The van der Waals surface area contributed by atoms with Crippen molar-refractivity contribution in [2.45, 2.75) is 0 Å². The summed E-state index contributed by atoms with van der Waals surface area (Å²) in [5.41, 5.74) is 2.47. The zero-order valence-electron chi connectivity index (χ0n) is 16.5. The van der Waals surface area contributed by atoms with Crippen LogP contribution in [-0.2, 0) is 9.53 Å². The monoisotopic (exact) mass is 414 g/mol. The number of rotatable bonds is 5.